The Kier molecular flexibility index (Phi) is 5.14. The van der Waals surface area contributed by atoms with Crippen LogP contribution in [0, 0.1) is 0 Å². The van der Waals surface area contributed by atoms with Gasteiger partial charge in [-0.2, -0.15) is 0 Å². The zero-order valence-electron chi connectivity index (χ0n) is 13.2. The third-order valence-corrected chi connectivity index (χ3v) is 5.24. The third kappa shape index (κ3) is 3.76. The van der Waals surface area contributed by atoms with Gasteiger partial charge in [0, 0.05) is 25.2 Å². The summed E-state index contributed by atoms with van der Waals surface area (Å²) < 4.78 is 5.84. The number of rotatable bonds is 3. The quantitative estimate of drug-likeness (QED) is 0.838. The Morgan fingerprint density at radius 2 is 2.00 bits per heavy atom. The smallest absolute Gasteiger partial charge is 0.248 e. The number of amides is 1. The van der Waals surface area contributed by atoms with Gasteiger partial charge >= 0.3 is 0 Å². The van der Waals surface area contributed by atoms with Crippen LogP contribution in [0.15, 0.2) is 0 Å². The van der Waals surface area contributed by atoms with E-state index in [9.17, 15) is 4.79 Å². The van der Waals surface area contributed by atoms with Crippen molar-refractivity contribution in [3.8, 4) is 0 Å². The lowest BCUT2D eigenvalue weighted by Gasteiger charge is -2.47. The van der Waals surface area contributed by atoms with E-state index in [1.165, 1.54) is 25.8 Å². The molecule has 0 bridgehead atoms. The normalized spacial score (nSPS) is 32.0. The summed E-state index contributed by atoms with van der Waals surface area (Å²) in [5, 5.41) is 3.32. The first kappa shape index (κ1) is 15.3. The molecule has 3 saturated heterocycles. The summed E-state index contributed by atoms with van der Waals surface area (Å²) in [7, 11) is 0. The molecule has 0 radical (unpaired) electrons. The van der Waals surface area contributed by atoms with Crippen LogP contribution in [-0.2, 0) is 9.53 Å². The fourth-order valence-corrected chi connectivity index (χ4v) is 3.93. The molecule has 3 aliphatic rings. The number of nitrogens with one attached hydrogen (secondary N) is 1. The van der Waals surface area contributed by atoms with Crippen molar-refractivity contribution in [3.63, 3.8) is 0 Å². The summed E-state index contributed by atoms with van der Waals surface area (Å²) in [6.07, 6.45) is 6.19. The molecule has 3 aliphatic heterocycles. The summed E-state index contributed by atoms with van der Waals surface area (Å²) in [6.45, 7) is 7.60. The Morgan fingerprint density at radius 3 is 2.81 bits per heavy atom. The molecule has 0 saturated carbocycles. The number of fused-ring (bicyclic) bond motifs is 1. The van der Waals surface area contributed by atoms with Crippen LogP contribution in [0.1, 0.15) is 39.0 Å². The minimum absolute atomic E-state index is 0.186. The predicted molar refractivity (Wildman–Crippen MR) is 82.2 cm³/mol. The maximum Gasteiger partial charge on any atom is 0.248 e. The standard InChI is InChI=1S/C16H29N3O2/c1-13-10-18-9-3-2-4-14(18)11-19(13)16(20)12-21-15-5-7-17-8-6-15/h13-15,17H,2-12H2,1H3. The maximum absolute atomic E-state index is 12.5. The first-order chi connectivity index (χ1) is 10.2. The van der Waals surface area contributed by atoms with Crippen molar-refractivity contribution in [3.05, 3.63) is 0 Å². The van der Waals surface area contributed by atoms with E-state index in [2.05, 4.69) is 22.0 Å². The molecule has 3 heterocycles. The number of carbonyl (C=O) groups is 1. The zero-order chi connectivity index (χ0) is 14.7. The fraction of sp³-hybridized carbons (Fsp3) is 0.938. The van der Waals surface area contributed by atoms with Gasteiger partial charge in [0.05, 0.1) is 6.10 Å². The van der Waals surface area contributed by atoms with E-state index >= 15 is 0 Å². The molecule has 3 fully saturated rings. The van der Waals surface area contributed by atoms with Gasteiger partial charge in [0.1, 0.15) is 6.61 Å². The fourth-order valence-electron chi connectivity index (χ4n) is 3.93. The summed E-state index contributed by atoms with van der Waals surface area (Å²) >= 11 is 0. The van der Waals surface area contributed by atoms with Crippen molar-refractivity contribution in [1.82, 2.24) is 15.1 Å². The van der Waals surface area contributed by atoms with Crippen LogP contribution in [0.2, 0.25) is 0 Å². The molecule has 0 spiro atoms. The Labute approximate surface area is 128 Å². The molecule has 21 heavy (non-hydrogen) atoms. The van der Waals surface area contributed by atoms with Crippen molar-refractivity contribution in [2.45, 2.75) is 57.2 Å². The van der Waals surface area contributed by atoms with Crippen molar-refractivity contribution in [2.24, 2.45) is 0 Å². The molecule has 5 heteroatoms. The van der Waals surface area contributed by atoms with E-state index < -0.39 is 0 Å². The first-order valence-corrected chi connectivity index (χ1v) is 8.60. The van der Waals surface area contributed by atoms with Crippen molar-refractivity contribution in [1.29, 1.82) is 0 Å². The minimum atomic E-state index is 0.186. The second kappa shape index (κ2) is 7.07. The molecular weight excluding hydrogens is 266 g/mol. The maximum atomic E-state index is 12.5. The summed E-state index contributed by atoms with van der Waals surface area (Å²) in [4.78, 5) is 17.1. The Morgan fingerprint density at radius 1 is 1.19 bits per heavy atom. The third-order valence-electron chi connectivity index (χ3n) is 5.24. The van der Waals surface area contributed by atoms with Gasteiger partial charge in [-0.3, -0.25) is 9.69 Å². The first-order valence-electron chi connectivity index (χ1n) is 8.60. The molecule has 5 nitrogen and oxygen atoms in total. The highest BCUT2D eigenvalue weighted by molar-refractivity contribution is 5.78. The van der Waals surface area contributed by atoms with Gasteiger partial charge in [0.15, 0.2) is 0 Å². The highest BCUT2D eigenvalue weighted by Crippen LogP contribution is 2.24. The van der Waals surface area contributed by atoms with E-state index in [1.54, 1.807) is 0 Å². The number of hydrogen-bond donors (Lipinski definition) is 1. The highest BCUT2D eigenvalue weighted by atomic mass is 16.5. The minimum Gasteiger partial charge on any atom is -0.368 e. The van der Waals surface area contributed by atoms with Gasteiger partial charge in [-0.25, -0.2) is 0 Å². The molecule has 0 aromatic rings. The van der Waals surface area contributed by atoms with E-state index in [0.29, 0.717) is 12.1 Å². The SMILES string of the molecule is CC1CN2CCCCC2CN1C(=O)COC1CCNCC1. The van der Waals surface area contributed by atoms with E-state index in [-0.39, 0.29) is 18.6 Å². The van der Waals surface area contributed by atoms with E-state index in [4.69, 9.17) is 4.74 Å². The van der Waals surface area contributed by atoms with Crippen molar-refractivity contribution < 1.29 is 9.53 Å². The van der Waals surface area contributed by atoms with Crippen LogP contribution in [0.3, 0.4) is 0 Å². The van der Waals surface area contributed by atoms with Crippen LogP contribution in [0.4, 0.5) is 0 Å². The average molecular weight is 295 g/mol. The molecule has 0 aromatic carbocycles. The topological polar surface area (TPSA) is 44.8 Å². The van der Waals surface area contributed by atoms with Crippen LogP contribution >= 0.6 is 0 Å². The second-order valence-electron chi connectivity index (χ2n) is 6.80. The molecular formula is C16H29N3O2. The van der Waals surface area contributed by atoms with Crippen LogP contribution in [-0.4, -0.2) is 73.2 Å². The lowest BCUT2D eigenvalue weighted by molar-refractivity contribution is -0.145. The van der Waals surface area contributed by atoms with Gasteiger partial charge in [-0.05, 0) is 52.2 Å². The molecule has 1 amide bonds. The van der Waals surface area contributed by atoms with E-state index in [1.807, 2.05) is 0 Å². The summed E-state index contributed by atoms with van der Waals surface area (Å²) in [5.41, 5.74) is 0. The molecule has 1 N–H and O–H groups in total. The van der Waals surface area contributed by atoms with Gasteiger partial charge in [0.25, 0.3) is 0 Å². The molecule has 3 rings (SSSR count). The van der Waals surface area contributed by atoms with Crippen LogP contribution in [0.5, 0.6) is 0 Å². The summed E-state index contributed by atoms with van der Waals surface area (Å²) in [6, 6.07) is 0.904. The molecule has 0 aromatic heterocycles. The van der Waals surface area contributed by atoms with E-state index in [0.717, 1.165) is 39.0 Å². The van der Waals surface area contributed by atoms with Crippen LogP contribution < -0.4 is 5.32 Å². The highest BCUT2D eigenvalue weighted by Gasteiger charge is 2.35. The van der Waals surface area contributed by atoms with Gasteiger partial charge in [-0.15, -0.1) is 0 Å². The predicted octanol–water partition coefficient (Wildman–Crippen LogP) is 0.840. The summed E-state index contributed by atoms with van der Waals surface area (Å²) in [5.74, 6) is 0.186. The van der Waals surface area contributed by atoms with Gasteiger partial charge in [0.2, 0.25) is 5.91 Å². The monoisotopic (exact) mass is 295 g/mol. The molecule has 2 atom stereocenters. The number of piperazine rings is 1. The second-order valence-corrected chi connectivity index (χ2v) is 6.80. The number of ether oxygens (including phenoxy) is 1. The average Bonchev–Trinajstić information content (AvgIpc) is 2.53. The Bertz CT molecular complexity index is 357. The van der Waals surface area contributed by atoms with Crippen LogP contribution in [0.25, 0.3) is 0 Å². The Balaban J connectivity index is 1.49. The van der Waals surface area contributed by atoms with Crippen molar-refractivity contribution in [2.75, 3.05) is 39.3 Å². The molecule has 2 unspecified atom stereocenters. The van der Waals surface area contributed by atoms with Gasteiger partial charge < -0.3 is 15.0 Å². The number of piperidine rings is 2. The lowest BCUT2D eigenvalue weighted by Crippen LogP contribution is -2.60. The number of carbonyl (C=O) groups excluding carboxylic acids is 1. The number of nitrogens with zero attached hydrogens (tertiary/aromatic N) is 2. The largest absolute Gasteiger partial charge is 0.368 e. The van der Waals surface area contributed by atoms with Crippen molar-refractivity contribution >= 4 is 5.91 Å². The van der Waals surface area contributed by atoms with Gasteiger partial charge in [-0.1, -0.05) is 6.42 Å². The number of hydrogen-bond acceptors (Lipinski definition) is 4. The Hall–Kier alpha value is -0.650. The molecule has 0 aliphatic carbocycles. The molecule has 120 valence electrons. The lowest BCUT2D eigenvalue weighted by atomic mass is 9.97. The zero-order valence-corrected chi connectivity index (χ0v) is 13.2.